The second-order valence-corrected chi connectivity index (χ2v) is 5.45. The molecular formula is C12H11BrFN3S. The van der Waals surface area contributed by atoms with Gasteiger partial charge in [-0.2, -0.15) is 0 Å². The molecule has 6 heteroatoms. The number of thioether (sulfide) groups is 1. The van der Waals surface area contributed by atoms with Gasteiger partial charge in [0.25, 0.3) is 0 Å². The van der Waals surface area contributed by atoms with Gasteiger partial charge in [-0.25, -0.2) is 14.4 Å². The van der Waals surface area contributed by atoms with Crippen molar-refractivity contribution in [1.82, 2.24) is 9.97 Å². The van der Waals surface area contributed by atoms with E-state index in [1.165, 1.54) is 17.8 Å². The highest BCUT2D eigenvalue weighted by atomic mass is 79.9. The Kier molecular flexibility index (Phi) is 4.19. The zero-order chi connectivity index (χ0) is 13.1. The van der Waals surface area contributed by atoms with Crippen LogP contribution >= 0.6 is 27.7 Å². The average Bonchev–Trinajstić information content (AvgIpc) is 2.35. The molecule has 2 aromatic rings. The highest BCUT2D eigenvalue weighted by Gasteiger charge is 2.08. The van der Waals surface area contributed by atoms with Crippen LogP contribution in [0.2, 0.25) is 0 Å². The molecular weight excluding hydrogens is 317 g/mol. The van der Waals surface area contributed by atoms with Crippen LogP contribution in [-0.2, 0) is 5.75 Å². The van der Waals surface area contributed by atoms with Gasteiger partial charge in [0.05, 0.1) is 15.9 Å². The molecule has 0 fully saturated rings. The predicted molar refractivity (Wildman–Crippen MR) is 74.8 cm³/mol. The SMILES string of the molecule is Cc1nc(CSc2ccccc2F)nc(N)c1Br. The molecule has 0 spiro atoms. The lowest BCUT2D eigenvalue weighted by Crippen LogP contribution is -2.02. The number of anilines is 1. The van der Waals surface area contributed by atoms with Crippen LogP contribution in [-0.4, -0.2) is 9.97 Å². The van der Waals surface area contributed by atoms with E-state index < -0.39 is 0 Å². The van der Waals surface area contributed by atoms with E-state index in [-0.39, 0.29) is 5.82 Å². The van der Waals surface area contributed by atoms with Gasteiger partial charge in [0, 0.05) is 4.90 Å². The summed E-state index contributed by atoms with van der Waals surface area (Å²) in [5, 5.41) is 0. The Morgan fingerprint density at radius 1 is 1.33 bits per heavy atom. The zero-order valence-corrected chi connectivity index (χ0v) is 12.1. The smallest absolute Gasteiger partial charge is 0.141 e. The molecule has 0 radical (unpaired) electrons. The summed E-state index contributed by atoms with van der Waals surface area (Å²) in [6, 6.07) is 6.63. The van der Waals surface area contributed by atoms with Gasteiger partial charge in [-0.1, -0.05) is 12.1 Å². The summed E-state index contributed by atoms with van der Waals surface area (Å²) in [4.78, 5) is 9.04. The third kappa shape index (κ3) is 3.00. The predicted octanol–water partition coefficient (Wildman–Crippen LogP) is 3.56. The van der Waals surface area contributed by atoms with Gasteiger partial charge >= 0.3 is 0 Å². The summed E-state index contributed by atoms with van der Waals surface area (Å²) >= 11 is 4.66. The number of benzene rings is 1. The van der Waals surface area contributed by atoms with Gasteiger partial charge in [-0.3, -0.25) is 0 Å². The quantitative estimate of drug-likeness (QED) is 0.876. The van der Waals surface area contributed by atoms with E-state index in [1.807, 2.05) is 6.92 Å². The minimum Gasteiger partial charge on any atom is -0.383 e. The van der Waals surface area contributed by atoms with Crippen molar-refractivity contribution in [2.24, 2.45) is 0 Å². The first-order valence-corrected chi connectivity index (χ1v) is 7.01. The van der Waals surface area contributed by atoms with Crippen molar-refractivity contribution >= 4 is 33.5 Å². The van der Waals surface area contributed by atoms with E-state index in [1.54, 1.807) is 18.2 Å². The average molecular weight is 328 g/mol. The second-order valence-electron chi connectivity index (χ2n) is 3.64. The highest BCUT2D eigenvalue weighted by molar-refractivity contribution is 9.10. The molecule has 0 saturated carbocycles. The molecule has 0 unspecified atom stereocenters. The molecule has 94 valence electrons. The van der Waals surface area contributed by atoms with Crippen LogP contribution in [0.3, 0.4) is 0 Å². The maximum absolute atomic E-state index is 13.4. The summed E-state index contributed by atoms with van der Waals surface area (Å²) in [5.41, 5.74) is 6.52. The molecule has 0 bridgehead atoms. The minimum atomic E-state index is -0.232. The van der Waals surface area contributed by atoms with E-state index in [0.717, 1.165) is 5.69 Å². The maximum atomic E-state index is 13.4. The first-order valence-electron chi connectivity index (χ1n) is 5.23. The third-order valence-corrected chi connectivity index (χ3v) is 4.31. The number of halogens is 2. The summed E-state index contributed by atoms with van der Waals surface area (Å²) in [6.07, 6.45) is 0. The molecule has 2 rings (SSSR count). The fourth-order valence-corrected chi connectivity index (χ4v) is 2.38. The number of hydrogen-bond acceptors (Lipinski definition) is 4. The first-order chi connectivity index (χ1) is 8.58. The van der Waals surface area contributed by atoms with Crippen LogP contribution in [0.5, 0.6) is 0 Å². The van der Waals surface area contributed by atoms with Gasteiger partial charge in [-0.15, -0.1) is 11.8 Å². The summed E-state index contributed by atoms with van der Waals surface area (Å²) in [6.45, 7) is 1.85. The molecule has 2 N–H and O–H groups in total. The minimum absolute atomic E-state index is 0.232. The van der Waals surface area contributed by atoms with Gasteiger partial charge in [0.2, 0.25) is 0 Å². The van der Waals surface area contributed by atoms with Gasteiger partial charge < -0.3 is 5.73 Å². The van der Waals surface area contributed by atoms with E-state index in [0.29, 0.717) is 26.8 Å². The Morgan fingerprint density at radius 2 is 2.06 bits per heavy atom. The number of nitrogens with zero attached hydrogens (tertiary/aromatic N) is 2. The van der Waals surface area contributed by atoms with Gasteiger partial charge in [0.15, 0.2) is 0 Å². The largest absolute Gasteiger partial charge is 0.383 e. The first kappa shape index (κ1) is 13.3. The molecule has 1 aromatic carbocycles. The lowest BCUT2D eigenvalue weighted by Gasteiger charge is -2.06. The Hall–Kier alpha value is -1.14. The fraction of sp³-hybridized carbons (Fsp3) is 0.167. The number of hydrogen-bond donors (Lipinski definition) is 1. The normalized spacial score (nSPS) is 10.6. The Bertz CT molecular complexity index is 554. The van der Waals surface area contributed by atoms with Crippen LogP contribution in [0, 0.1) is 12.7 Å². The van der Waals surface area contributed by atoms with Crippen molar-refractivity contribution in [2.75, 3.05) is 5.73 Å². The Labute approximate surface area is 117 Å². The van der Waals surface area contributed by atoms with Crippen molar-refractivity contribution in [2.45, 2.75) is 17.6 Å². The molecule has 3 nitrogen and oxygen atoms in total. The molecule has 1 aromatic heterocycles. The van der Waals surface area contributed by atoms with E-state index in [4.69, 9.17) is 5.73 Å². The van der Waals surface area contributed by atoms with Crippen molar-refractivity contribution < 1.29 is 4.39 Å². The third-order valence-electron chi connectivity index (χ3n) is 2.28. The van der Waals surface area contributed by atoms with Gasteiger partial charge in [0.1, 0.15) is 17.5 Å². The van der Waals surface area contributed by atoms with Crippen LogP contribution in [0.15, 0.2) is 33.6 Å². The molecule has 0 aliphatic carbocycles. The van der Waals surface area contributed by atoms with Crippen LogP contribution < -0.4 is 5.73 Å². The number of aromatic nitrogens is 2. The van der Waals surface area contributed by atoms with Crippen molar-refractivity contribution in [1.29, 1.82) is 0 Å². The standard InChI is InChI=1S/C12H11BrFN3S/c1-7-11(13)12(15)17-10(16-7)6-18-9-5-3-2-4-8(9)14/h2-5H,6H2,1H3,(H2,15,16,17). The van der Waals surface area contributed by atoms with Crippen LogP contribution in [0.25, 0.3) is 0 Å². The number of rotatable bonds is 3. The monoisotopic (exact) mass is 327 g/mol. The Morgan fingerprint density at radius 3 is 2.72 bits per heavy atom. The summed E-state index contributed by atoms with van der Waals surface area (Å²) in [7, 11) is 0. The summed E-state index contributed by atoms with van der Waals surface area (Å²) in [5.74, 6) is 1.26. The Balaban J connectivity index is 2.14. The lowest BCUT2D eigenvalue weighted by atomic mass is 10.3. The molecule has 0 amide bonds. The number of aryl methyl sites for hydroxylation is 1. The number of nitrogen functional groups attached to an aromatic ring is 1. The molecule has 0 aliphatic heterocycles. The lowest BCUT2D eigenvalue weighted by molar-refractivity contribution is 0.602. The van der Waals surface area contributed by atoms with Crippen molar-refractivity contribution in [3.8, 4) is 0 Å². The van der Waals surface area contributed by atoms with E-state index in [2.05, 4.69) is 25.9 Å². The van der Waals surface area contributed by atoms with Gasteiger partial charge in [-0.05, 0) is 35.0 Å². The molecule has 0 aliphatic rings. The molecule has 18 heavy (non-hydrogen) atoms. The van der Waals surface area contributed by atoms with Crippen molar-refractivity contribution in [3.63, 3.8) is 0 Å². The van der Waals surface area contributed by atoms with E-state index >= 15 is 0 Å². The van der Waals surface area contributed by atoms with Crippen molar-refractivity contribution in [3.05, 3.63) is 46.1 Å². The maximum Gasteiger partial charge on any atom is 0.141 e. The highest BCUT2D eigenvalue weighted by Crippen LogP contribution is 2.26. The fourth-order valence-electron chi connectivity index (χ4n) is 1.41. The van der Waals surface area contributed by atoms with E-state index in [9.17, 15) is 4.39 Å². The zero-order valence-electron chi connectivity index (χ0n) is 9.65. The molecule has 0 atom stereocenters. The number of nitrogens with two attached hydrogens (primary N) is 1. The summed E-state index contributed by atoms with van der Waals surface area (Å²) < 4.78 is 14.1. The molecule has 0 saturated heterocycles. The second kappa shape index (κ2) is 5.67. The topological polar surface area (TPSA) is 51.8 Å². The molecule has 1 heterocycles. The van der Waals surface area contributed by atoms with Crippen LogP contribution in [0.4, 0.5) is 10.2 Å². The van der Waals surface area contributed by atoms with Crippen LogP contribution in [0.1, 0.15) is 11.5 Å².